The van der Waals surface area contributed by atoms with Gasteiger partial charge in [-0.1, -0.05) is 24.3 Å². The second-order valence-electron chi connectivity index (χ2n) is 10.4. The fourth-order valence-corrected chi connectivity index (χ4v) is 6.03. The summed E-state index contributed by atoms with van der Waals surface area (Å²) in [7, 11) is 0. The van der Waals surface area contributed by atoms with Crippen molar-refractivity contribution in [2.75, 3.05) is 26.2 Å². The van der Waals surface area contributed by atoms with Crippen molar-refractivity contribution in [3.8, 4) is 0 Å². The lowest BCUT2D eigenvalue weighted by molar-refractivity contribution is -0.131. The topological polar surface area (TPSA) is 58.4 Å². The number of aryl methyl sites for hydroxylation is 1. The third-order valence-corrected chi connectivity index (χ3v) is 8.21. The van der Waals surface area contributed by atoms with E-state index in [2.05, 4.69) is 4.90 Å². The molecule has 0 radical (unpaired) electrons. The first kappa shape index (κ1) is 20.2. The van der Waals surface area contributed by atoms with Crippen LogP contribution in [0.25, 0.3) is 0 Å². The molecule has 6 nitrogen and oxygen atoms in total. The molecule has 1 spiro atoms. The number of aromatic nitrogens is 2. The highest BCUT2D eigenvalue weighted by Crippen LogP contribution is 2.42. The number of carbonyl (C=O) groups is 1. The minimum absolute atomic E-state index is 0.0564. The minimum atomic E-state index is 0.0564. The highest BCUT2D eigenvalue weighted by atomic mass is 16.2. The van der Waals surface area contributed by atoms with E-state index in [0.717, 1.165) is 66.6 Å². The Morgan fingerprint density at radius 3 is 2.78 bits per heavy atom. The number of amides is 1. The standard InChI is InChI=1S/C26H32N4O2/c1-18-4-2-3-5-20(18)14-23(31)29-11-8-22-21(16-29)24(32)30-13-10-26(25(30)27-22)9-12-28(17-26)15-19-6-7-19/h2-5,19H,6-17H2,1H3/t26-/m0/s1. The highest BCUT2D eigenvalue weighted by molar-refractivity contribution is 5.79. The van der Waals surface area contributed by atoms with Gasteiger partial charge in [-0.05, 0) is 56.2 Å². The zero-order chi connectivity index (χ0) is 21.9. The van der Waals surface area contributed by atoms with Crippen LogP contribution in [0.1, 0.15) is 53.9 Å². The summed E-state index contributed by atoms with van der Waals surface area (Å²) in [6, 6.07) is 8.03. The van der Waals surface area contributed by atoms with E-state index in [1.807, 2.05) is 40.7 Å². The molecule has 168 valence electrons. The first-order chi connectivity index (χ1) is 15.5. The van der Waals surface area contributed by atoms with E-state index in [1.165, 1.54) is 19.4 Å². The molecule has 6 rings (SSSR count). The summed E-state index contributed by atoms with van der Waals surface area (Å²) in [5.41, 5.74) is 4.02. The van der Waals surface area contributed by atoms with Crippen molar-refractivity contribution in [3.05, 3.63) is 62.8 Å². The Morgan fingerprint density at radius 2 is 1.97 bits per heavy atom. The first-order valence-corrected chi connectivity index (χ1v) is 12.2. The molecule has 6 heteroatoms. The number of fused-ring (bicyclic) bond motifs is 3. The van der Waals surface area contributed by atoms with Gasteiger partial charge in [0.2, 0.25) is 5.91 Å². The quantitative estimate of drug-likeness (QED) is 0.745. The van der Waals surface area contributed by atoms with E-state index >= 15 is 0 Å². The largest absolute Gasteiger partial charge is 0.337 e. The van der Waals surface area contributed by atoms with E-state index < -0.39 is 0 Å². The van der Waals surface area contributed by atoms with Crippen molar-refractivity contribution in [2.45, 2.75) is 64.0 Å². The average Bonchev–Trinajstić information content (AvgIpc) is 3.41. The molecule has 1 amide bonds. The lowest BCUT2D eigenvalue weighted by Crippen LogP contribution is -2.42. The van der Waals surface area contributed by atoms with Gasteiger partial charge in [0.1, 0.15) is 5.82 Å². The van der Waals surface area contributed by atoms with E-state index in [0.29, 0.717) is 25.9 Å². The van der Waals surface area contributed by atoms with Gasteiger partial charge >= 0.3 is 0 Å². The van der Waals surface area contributed by atoms with Gasteiger partial charge in [0.25, 0.3) is 5.56 Å². The summed E-state index contributed by atoms with van der Waals surface area (Å²) >= 11 is 0. The van der Waals surface area contributed by atoms with Crippen molar-refractivity contribution in [1.29, 1.82) is 0 Å². The summed E-state index contributed by atoms with van der Waals surface area (Å²) in [6.45, 7) is 7.25. The molecule has 0 N–H and O–H groups in total. The molecular weight excluding hydrogens is 400 g/mol. The maximum absolute atomic E-state index is 13.5. The Balaban J connectivity index is 1.23. The molecule has 4 heterocycles. The maximum atomic E-state index is 13.5. The third-order valence-electron chi connectivity index (χ3n) is 8.21. The lowest BCUT2D eigenvalue weighted by atomic mass is 9.85. The van der Waals surface area contributed by atoms with Crippen molar-refractivity contribution in [1.82, 2.24) is 19.4 Å². The van der Waals surface area contributed by atoms with Crippen molar-refractivity contribution in [2.24, 2.45) is 5.92 Å². The Hall–Kier alpha value is -2.47. The predicted octanol–water partition coefficient (Wildman–Crippen LogP) is 2.44. The monoisotopic (exact) mass is 432 g/mol. The Kier molecular flexibility index (Phi) is 4.75. The summed E-state index contributed by atoms with van der Waals surface area (Å²) in [6.07, 6.45) is 5.97. The zero-order valence-corrected chi connectivity index (χ0v) is 19.0. The second kappa shape index (κ2) is 7.55. The van der Waals surface area contributed by atoms with Crippen LogP contribution in [0.5, 0.6) is 0 Å². The number of rotatable bonds is 4. The fourth-order valence-electron chi connectivity index (χ4n) is 6.03. The molecule has 0 unspecified atom stereocenters. The number of likely N-dealkylation sites (tertiary alicyclic amines) is 1. The summed E-state index contributed by atoms with van der Waals surface area (Å²) in [4.78, 5) is 36.0. The summed E-state index contributed by atoms with van der Waals surface area (Å²) in [5, 5.41) is 0. The van der Waals surface area contributed by atoms with Crippen LogP contribution >= 0.6 is 0 Å². The fraction of sp³-hybridized carbons (Fsp3) is 0.577. The normalized spacial score (nSPS) is 24.7. The van der Waals surface area contributed by atoms with Crippen molar-refractivity contribution < 1.29 is 4.79 Å². The molecule has 1 saturated heterocycles. The Labute approximate surface area is 189 Å². The molecule has 1 saturated carbocycles. The van der Waals surface area contributed by atoms with Gasteiger partial charge in [-0.3, -0.25) is 14.2 Å². The average molecular weight is 433 g/mol. The predicted molar refractivity (Wildman–Crippen MR) is 123 cm³/mol. The van der Waals surface area contributed by atoms with Crippen LogP contribution in [0.2, 0.25) is 0 Å². The van der Waals surface area contributed by atoms with Gasteiger partial charge < -0.3 is 9.80 Å². The van der Waals surface area contributed by atoms with E-state index in [-0.39, 0.29) is 16.9 Å². The van der Waals surface area contributed by atoms with Crippen molar-refractivity contribution in [3.63, 3.8) is 0 Å². The first-order valence-electron chi connectivity index (χ1n) is 12.2. The van der Waals surface area contributed by atoms with Gasteiger partial charge in [-0.25, -0.2) is 4.98 Å². The lowest BCUT2D eigenvalue weighted by Gasteiger charge is -2.30. The minimum Gasteiger partial charge on any atom is -0.337 e. The number of hydrogen-bond acceptors (Lipinski definition) is 4. The van der Waals surface area contributed by atoms with Crippen LogP contribution in [0.4, 0.5) is 0 Å². The molecule has 1 aliphatic carbocycles. The summed E-state index contributed by atoms with van der Waals surface area (Å²) in [5.74, 6) is 2.02. The molecule has 1 aromatic heterocycles. The highest BCUT2D eigenvalue weighted by Gasteiger charge is 2.47. The molecule has 2 fully saturated rings. The van der Waals surface area contributed by atoms with Gasteiger partial charge in [0.05, 0.1) is 24.2 Å². The molecular formula is C26H32N4O2. The van der Waals surface area contributed by atoms with Crippen LogP contribution in [0.3, 0.4) is 0 Å². The molecule has 32 heavy (non-hydrogen) atoms. The Morgan fingerprint density at radius 1 is 1.16 bits per heavy atom. The molecule has 0 bridgehead atoms. The van der Waals surface area contributed by atoms with Crippen LogP contribution in [-0.2, 0) is 36.1 Å². The second-order valence-corrected chi connectivity index (χ2v) is 10.4. The van der Waals surface area contributed by atoms with Crippen LogP contribution < -0.4 is 5.56 Å². The molecule has 1 atom stereocenters. The number of benzene rings is 1. The SMILES string of the molecule is Cc1ccccc1CC(=O)N1CCc2nc3n(c(=O)c2C1)CC[C@]31CCN(CC2CC2)C1. The van der Waals surface area contributed by atoms with E-state index in [4.69, 9.17) is 4.98 Å². The number of hydrogen-bond donors (Lipinski definition) is 0. The molecule has 2 aromatic rings. The zero-order valence-electron chi connectivity index (χ0n) is 19.0. The van der Waals surface area contributed by atoms with E-state index in [9.17, 15) is 9.59 Å². The number of carbonyl (C=O) groups excluding carboxylic acids is 1. The van der Waals surface area contributed by atoms with Crippen molar-refractivity contribution >= 4 is 5.91 Å². The third kappa shape index (κ3) is 3.40. The summed E-state index contributed by atoms with van der Waals surface area (Å²) < 4.78 is 1.94. The van der Waals surface area contributed by atoms with Crippen LogP contribution in [-0.4, -0.2) is 51.4 Å². The van der Waals surface area contributed by atoms with Gasteiger partial charge in [0, 0.05) is 38.0 Å². The molecule has 4 aliphatic rings. The van der Waals surface area contributed by atoms with Crippen LogP contribution in [0.15, 0.2) is 29.1 Å². The molecule has 1 aromatic carbocycles. The van der Waals surface area contributed by atoms with Gasteiger partial charge in [0.15, 0.2) is 0 Å². The molecule has 3 aliphatic heterocycles. The smallest absolute Gasteiger partial charge is 0.258 e. The van der Waals surface area contributed by atoms with Gasteiger partial charge in [-0.2, -0.15) is 0 Å². The van der Waals surface area contributed by atoms with E-state index in [1.54, 1.807) is 0 Å². The Bertz CT molecular complexity index is 1140. The maximum Gasteiger partial charge on any atom is 0.258 e. The van der Waals surface area contributed by atoms with Crippen LogP contribution in [0, 0.1) is 12.8 Å². The number of nitrogens with zero attached hydrogens (tertiary/aromatic N) is 4. The van der Waals surface area contributed by atoms with Gasteiger partial charge in [-0.15, -0.1) is 0 Å².